The standard InChI is InChI=1S/C14H20N2OS/c1-4-10(5-2)14(17)16(3)12-8-6-11(7-9-12)13(15)18/h6-10H,4-5H2,1-3H3,(H2,15,18). The fraction of sp³-hybridized carbons (Fsp3) is 0.429. The predicted octanol–water partition coefficient (Wildman–Crippen LogP) is 2.72. The molecule has 0 spiro atoms. The molecule has 1 aromatic rings. The minimum Gasteiger partial charge on any atom is -0.389 e. The van der Waals surface area contributed by atoms with E-state index >= 15 is 0 Å². The molecule has 98 valence electrons. The molecule has 0 aliphatic heterocycles. The molecule has 0 aliphatic rings. The minimum absolute atomic E-state index is 0.0882. The van der Waals surface area contributed by atoms with E-state index in [1.165, 1.54) is 0 Å². The van der Waals surface area contributed by atoms with Gasteiger partial charge in [-0.3, -0.25) is 4.79 Å². The third kappa shape index (κ3) is 3.29. The first-order chi connectivity index (χ1) is 8.51. The second kappa shape index (κ2) is 6.50. The van der Waals surface area contributed by atoms with Gasteiger partial charge in [0, 0.05) is 24.2 Å². The Morgan fingerprint density at radius 3 is 2.17 bits per heavy atom. The first kappa shape index (κ1) is 14.6. The van der Waals surface area contributed by atoms with E-state index in [0.717, 1.165) is 24.1 Å². The fourth-order valence-corrected chi connectivity index (χ4v) is 2.02. The molecule has 3 nitrogen and oxygen atoms in total. The van der Waals surface area contributed by atoms with Crippen LogP contribution < -0.4 is 10.6 Å². The van der Waals surface area contributed by atoms with E-state index in [2.05, 4.69) is 0 Å². The number of rotatable bonds is 5. The lowest BCUT2D eigenvalue weighted by Crippen LogP contribution is -2.32. The smallest absolute Gasteiger partial charge is 0.229 e. The monoisotopic (exact) mass is 264 g/mol. The molecule has 0 aliphatic carbocycles. The summed E-state index contributed by atoms with van der Waals surface area (Å²) >= 11 is 4.90. The summed E-state index contributed by atoms with van der Waals surface area (Å²) in [6.07, 6.45) is 1.73. The van der Waals surface area contributed by atoms with Gasteiger partial charge in [0.15, 0.2) is 0 Å². The molecule has 0 radical (unpaired) electrons. The van der Waals surface area contributed by atoms with Crippen molar-refractivity contribution in [2.24, 2.45) is 11.7 Å². The zero-order valence-corrected chi connectivity index (χ0v) is 12.0. The van der Waals surface area contributed by atoms with Gasteiger partial charge in [-0.2, -0.15) is 0 Å². The molecule has 1 aromatic carbocycles. The Morgan fingerprint density at radius 1 is 1.28 bits per heavy atom. The average molecular weight is 264 g/mol. The van der Waals surface area contributed by atoms with Crippen LogP contribution in [0.1, 0.15) is 32.3 Å². The van der Waals surface area contributed by atoms with Gasteiger partial charge in [-0.25, -0.2) is 0 Å². The van der Waals surface area contributed by atoms with Gasteiger partial charge in [-0.1, -0.05) is 26.1 Å². The van der Waals surface area contributed by atoms with Crippen molar-refractivity contribution >= 4 is 28.8 Å². The van der Waals surface area contributed by atoms with E-state index < -0.39 is 0 Å². The van der Waals surface area contributed by atoms with E-state index in [1.807, 2.05) is 38.1 Å². The van der Waals surface area contributed by atoms with E-state index in [-0.39, 0.29) is 11.8 Å². The number of nitrogens with two attached hydrogens (primary N) is 1. The third-order valence-corrected chi connectivity index (χ3v) is 3.44. The van der Waals surface area contributed by atoms with Gasteiger partial charge in [-0.05, 0) is 37.1 Å². The lowest BCUT2D eigenvalue weighted by molar-refractivity contribution is -0.122. The molecule has 0 aromatic heterocycles. The Kier molecular flexibility index (Phi) is 5.28. The summed E-state index contributed by atoms with van der Waals surface area (Å²) in [7, 11) is 1.80. The summed E-state index contributed by atoms with van der Waals surface area (Å²) in [5.41, 5.74) is 7.23. The Balaban J connectivity index is 2.86. The highest BCUT2D eigenvalue weighted by Gasteiger charge is 2.19. The van der Waals surface area contributed by atoms with E-state index in [4.69, 9.17) is 18.0 Å². The summed E-state index contributed by atoms with van der Waals surface area (Å²) in [5, 5.41) is 0. The lowest BCUT2D eigenvalue weighted by Gasteiger charge is -2.22. The Hall–Kier alpha value is -1.42. The number of hydrogen-bond donors (Lipinski definition) is 1. The van der Waals surface area contributed by atoms with Crippen LogP contribution in [0.25, 0.3) is 0 Å². The second-order valence-electron chi connectivity index (χ2n) is 4.32. The molecule has 4 heteroatoms. The summed E-state index contributed by atoms with van der Waals surface area (Å²) < 4.78 is 0. The molecule has 0 fully saturated rings. The quantitative estimate of drug-likeness (QED) is 0.832. The molecule has 2 N–H and O–H groups in total. The molecule has 0 atom stereocenters. The maximum absolute atomic E-state index is 12.2. The van der Waals surface area contributed by atoms with Crippen molar-refractivity contribution in [3.05, 3.63) is 29.8 Å². The number of anilines is 1. The number of thiocarbonyl (C=S) groups is 1. The van der Waals surface area contributed by atoms with Crippen molar-refractivity contribution in [3.63, 3.8) is 0 Å². The highest BCUT2D eigenvalue weighted by Crippen LogP contribution is 2.19. The van der Waals surface area contributed by atoms with Crippen molar-refractivity contribution < 1.29 is 4.79 Å². The molecule has 0 saturated carbocycles. The molecular formula is C14H20N2OS. The van der Waals surface area contributed by atoms with E-state index in [9.17, 15) is 4.79 Å². The van der Waals surface area contributed by atoms with Gasteiger partial charge in [-0.15, -0.1) is 0 Å². The molecule has 0 saturated heterocycles. The highest BCUT2D eigenvalue weighted by molar-refractivity contribution is 7.80. The molecule has 0 unspecified atom stereocenters. The van der Waals surface area contributed by atoms with Crippen LogP contribution >= 0.6 is 12.2 Å². The molecule has 0 heterocycles. The van der Waals surface area contributed by atoms with Gasteiger partial charge >= 0.3 is 0 Å². The van der Waals surface area contributed by atoms with Crippen LogP contribution in [0.5, 0.6) is 0 Å². The van der Waals surface area contributed by atoms with Crippen LogP contribution in [0.2, 0.25) is 0 Å². The number of benzene rings is 1. The fourth-order valence-electron chi connectivity index (χ4n) is 1.89. The predicted molar refractivity (Wildman–Crippen MR) is 79.8 cm³/mol. The number of hydrogen-bond acceptors (Lipinski definition) is 2. The Morgan fingerprint density at radius 2 is 1.78 bits per heavy atom. The third-order valence-electron chi connectivity index (χ3n) is 3.20. The number of amides is 1. The van der Waals surface area contributed by atoms with Crippen LogP contribution in [0, 0.1) is 5.92 Å². The summed E-state index contributed by atoms with van der Waals surface area (Å²) in [5.74, 6) is 0.244. The van der Waals surface area contributed by atoms with Crippen molar-refractivity contribution in [2.75, 3.05) is 11.9 Å². The number of nitrogens with zero attached hydrogens (tertiary/aromatic N) is 1. The Labute approximate surface area is 114 Å². The van der Waals surface area contributed by atoms with Crippen molar-refractivity contribution in [1.29, 1.82) is 0 Å². The maximum atomic E-state index is 12.2. The SMILES string of the molecule is CCC(CC)C(=O)N(C)c1ccc(C(N)=S)cc1. The average Bonchev–Trinajstić information content (AvgIpc) is 2.39. The summed E-state index contributed by atoms with van der Waals surface area (Å²) in [6.45, 7) is 4.08. The largest absolute Gasteiger partial charge is 0.389 e. The van der Waals surface area contributed by atoms with Crippen LogP contribution in [-0.4, -0.2) is 17.9 Å². The normalized spacial score (nSPS) is 10.4. The lowest BCUT2D eigenvalue weighted by atomic mass is 10.0. The van der Waals surface area contributed by atoms with Crippen LogP contribution in [0.3, 0.4) is 0 Å². The molecular weight excluding hydrogens is 244 g/mol. The van der Waals surface area contributed by atoms with Gasteiger partial charge in [0.05, 0.1) is 0 Å². The molecule has 18 heavy (non-hydrogen) atoms. The second-order valence-corrected chi connectivity index (χ2v) is 4.76. The van der Waals surface area contributed by atoms with Crippen molar-refractivity contribution in [1.82, 2.24) is 0 Å². The maximum Gasteiger partial charge on any atom is 0.229 e. The summed E-state index contributed by atoms with van der Waals surface area (Å²) in [6, 6.07) is 7.42. The molecule has 1 amide bonds. The van der Waals surface area contributed by atoms with E-state index in [0.29, 0.717) is 4.99 Å². The van der Waals surface area contributed by atoms with Gasteiger partial charge in [0.1, 0.15) is 4.99 Å². The number of carbonyl (C=O) groups excluding carboxylic acids is 1. The van der Waals surface area contributed by atoms with Gasteiger partial charge in [0.2, 0.25) is 5.91 Å². The van der Waals surface area contributed by atoms with E-state index in [1.54, 1.807) is 11.9 Å². The highest BCUT2D eigenvalue weighted by atomic mass is 32.1. The minimum atomic E-state index is 0.0882. The first-order valence-electron chi connectivity index (χ1n) is 6.18. The van der Waals surface area contributed by atoms with Gasteiger partial charge in [0.25, 0.3) is 0 Å². The first-order valence-corrected chi connectivity index (χ1v) is 6.59. The van der Waals surface area contributed by atoms with Crippen LogP contribution in [0.15, 0.2) is 24.3 Å². The topological polar surface area (TPSA) is 46.3 Å². The number of carbonyl (C=O) groups is 1. The van der Waals surface area contributed by atoms with Crippen molar-refractivity contribution in [2.45, 2.75) is 26.7 Å². The zero-order valence-electron chi connectivity index (χ0n) is 11.1. The Bertz CT molecular complexity index is 424. The molecule has 0 bridgehead atoms. The van der Waals surface area contributed by atoms with Crippen LogP contribution in [-0.2, 0) is 4.79 Å². The molecule has 1 rings (SSSR count). The van der Waals surface area contributed by atoms with Crippen molar-refractivity contribution in [3.8, 4) is 0 Å². The van der Waals surface area contributed by atoms with Crippen LogP contribution in [0.4, 0.5) is 5.69 Å². The zero-order chi connectivity index (χ0) is 13.7. The van der Waals surface area contributed by atoms with Gasteiger partial charge < -0.3 is 10.6 Å². The summed E-state index contributed by atoms with van der Waals surface area (Å²) in [4.78, 5) is 14.3.